The number of methoxy groups -OCH3 is 1. The number of rotatable bonds is 5. The number of alkyl halides is 2. The van der Waals surface area contributed by atoms with Gasteiger partial charge in [-0.3, -0.25) is 9.59 Å². The number of halogens is 2. The van der Waals surface area contributed by atoms with Crippen LogP contribution in [0.5, 0.6) is 17.4 Å². The van der Waals surface area contributed by atoms with Gasteiger partial charge in [0.2, 0.25) is 17.6 Å². The monoisotopic (exact) mass is 490 g/mol. The highest BCUT2D eigenvalue weighted by Gasteiger charge is 2.43. The lowest BCUT2D eigenvalue weighted by Gasteiger charge is -2.34. The largest absolute Gasteiger partial charge is 0.586 e. The van der Waals surface area contributed by atoms with E-state index in [0.29, 0.717) is 5.56 Å². The predicted molar refractivity (Wildman–Crippen MR) is 118 cm³/mol. The number of piperazine rings is 1. The zero-order chi connectivity index (χ0) is 25.4. The van der Waals surface area contributed by atoms with Gasteiger partial charge in [-0.05, 0) is 37.6 Å². The number of benzene rings is 1. The van der Waals surface area contributed by atoms with Crippen molar-refractivity contribution < 1.29 is 37.7 Å². The van der Waals surface area contributed by atoms with Crippen molar-refractivity contribution in [2.24, 2.45) is 0 Å². The van der Waals surface area contributed by atoms with Gasteiger partial charge in [0.05, 0.1) is 12.8 Å². The summed E-state index contributed by atoms with van der Waals surface area (Å²) < 4.78 is 40.2. The highest BCUT2D eigenvalue weighted by atomic mass is 19.3. The molecule has 2 amide bonds. The van der Waals surface area contributed by atoms with Crippen LogP contribution in [0, 0.1) is 0 Å². The summed E-state index contributed by atoms with van der Waals surface area (Å²) in [5.74, 6) is -0.851. The Labute approximate surface area is 199 Å². The molecule has 1 saturated heterocycles. The van der Waals surface area contributed by atoms with Gasteiger partial charge in [0.25, 0.3) is 5.91 Å². The van der Waals surface area contributed by atoms with Crippen molar-refractivity contribution in [2.45, 2.75) is 25.7 Å². The van der Waals surface area contributed by atoms with Gasteiger partial charge >= 0.3 is 6.29 Å². The Hall–Kier alpha value is -3.80. The van der Waals surface area contributed by atoms with Crippen LogP contribution in [0.15, 0.2) is 30.3 Å². The number of aliphatic hydroxyl groups is 1. The van der Waals surface area contributed by atoms with Crippen LogP contribution in [0.2, 0.25) is 0 Å². The van der Waals surface area contributed by atoms with Gasteiger partial charge in [0.1, 0.15) is 5.60 Å². The Balaban J connectivity index is 1.37. The number of ether oxygens (including phenoxy) is 3. The Bertz CT molecular complexity index is 1170. The first-order valence-corrected chi connectivity index (χ1v) is 10.8. The van der Waals surface area contributed by atoms with Crippen LogP contribution in [-0.4, -0.2) is 76.3 Å². The first-order valence-electron chi connectivity index (χ1n) is 10.8. The van der Waals surface area contributed by atoms with Gasteiger partial charge in [-0.1, -0.05) is 6.07 Å². The van der Waals surface area contributed by atoms with Crippen LogP contribution in [0.4, 0.5) is 8.78 Å². The fraction of sp³-hybridized carbons (Fsp3) is 0.391. The fourth-order valence-electron chi connectivity index (χ4n) is 3.55. The Morgan fingerprint density at radius 2 is 1.74 bits per heavy atom. The standard InChI is InChI=1S/C23H24F2N4O6/c1-22(2,32)17-13-18(33-3)27-20(26-17)21(31)29-10-8-28(9-11-29)19(30)7-5-14-4-6-15-16(12-14)35-23(24,25)34-15/h4-7,12-13,32H,8-11H2,1-3H3/b7-5+. The number of hydrogen-bond donors (Lipinski definition) is 1. The number of carbonyl (C=O) groups is 2. The van der Waals surface area contributed by atoms with Gasteiger partial charge in [-0.15, -0.1) is 8.78 Å². The first-order chi connectivity index (χ1) is 16.4. The molecule has 0 saturated carbocycles. The maximum absolute atomic E-state index is 13.2. The lowest BCUT2D eigenvalue weighted by Crippen LogP contribution is -2.50. The number of carbonyl (C=O) groups excluding carboxylic acids is 2. The van der Waals surface area contributed by atoms with Crippen molar-refractivity contribution in [2.75, 3.05) is 33.3 Å². The summed E-state index contributed by atoms with van der Waals surface area (Å²) in [5, 5.41) is 10.3. The molecule has 186 valence electrons. The smallest absolute Gasteiger partial charge is 0.481 e. The van der Waals surface area contributed by atoms with Crippen LogP contribution in [0.1, 0.15) is 35.7 Å². The summed E-state index contributed by atoms with van der Waals surface area (Å²) in [6.07, 6.45) is -0.889. The van der Waals surface area contributed by atoms with Crippen molar-refractivity contribution in [3.05, 3.63) is 47.4 Å². The van der Waals surface area contributed by atoms with E-state index in [1.807, 2.05) is 0 Å². The maximum Gasteiger partial charge on any atom is 0.586 e. The van der Waals surface area contributed by atoms with Gasteiger partial charge in [0, 0.05) is 38.3 Å². The molecule has 0 spiro atoms. The van der Waals surface area contributed by atoms with Crippen LogP contribution < -0.4 is 14.2 Å². The second-order valence-electron chi connectivity index (χ2n) is 8.50. The van der Waals surface area contributed by atoms with E-state index >= 15 is 0 Å². The van der Waals surface area contributed by atoms with Gasteiger partial charge in [0.15, 0.2) is 11.5 Å². The third-order valence-corrected chi connectivity index (χ3v) is 5.45. The van der Waals surface area contributed by atoms with E-state index in [9.17, 15) is 23.5 Å². The minimum Gasteiger partial charge on any atom is -0.481 e. The molecule has 2 aromatic rings. The lowest BCUT2D eigenvalue weighted by atomic mass is 10.1. The lowest BCUT2D eigenvalue weighted by molar-refractivity contribution is -0.286. The second kappa shape index (κ2) is 9.10. The molecule has 1 aromatic carbocycles. The predicted octanol–water partition coefficient (Wildman–Crippen LogP) is 2.03. The van der Waals surface area contributed by atoms with Crippen molar-refractivity contribution in [3.63, 3.8) is 0 Å². The first kappa shape index (κ1) is 24.3. The molecule has 0 radical (unpaired) electrons. The third kappa shape index (κ3) is 5.48. The highest BCUT2D eigenvalue weighted by Crippen LogP contribution is 2.41. The van der Waals surface area contributed by atoms with Gasteiger partial charge in [-0.25, -0.2) is 4.98 Å². The van der Waals surface area contributed by atoms with E-state index in [1.54, 1.807) is 18.7 Å². The fourth-order valence-corrected chi connectivity index (χ4v) is 3.55. The molecule has 2 aliphatic heterocycles. The van der Waals surface area contributed by atoms with Crippen molar-refractivity contribution in [1.82, 2.24) is 19.8 Å². The van der Waals surface area contributed by atoms with Gasteiger partial charge in [-0.2, -0.15) is 4.98 Å². The summed E-state index contributed by atoms with van der Waals surface area (Å²) in [5.41, 5.74) is -0.550. The molecule has 0 unspecified atom stereocenters. The molecule has 4 rings (SSSR count). The maximum atomic E-state index is 13.2. The molecule has 2 aliphatic rings. The number of fused-ring (bicyclic) bond motifs is 1. The second-order valence-corrected chi connectivity index (χ2v) is 8.50. The molecule has 0 bridgehead atoms. The van der Waals surface area contributed by atoms with E-state index in [1.165, 1.54) is 48.4 Å². The average Bonchev–Trinajstić information content (AvgIpc) is 3.14. The quantitative estimate of drug-likeness (QED) is 0.634. The highest BCUT2D eigenvalue weighted by molar-refractivity contribution is 5.93. The minimum absolute atomic E-state index is 0.0750. The topological polar surface area (TPSA) is 114 Å². The van der Waals surface area contributed by atoms with E-state index in [4.69, 9.17) is 4.74 Å². The molecule has 3 heterocycles. The van der Waals surface area contributed by atoms with Crippen molar-refractivity contribution >= 4 is 17.9 Å². The number of amides is 2. The van der Waals surface area contributed by atoms with E-state index in [0.717, 1.165) is 0 Å². The molecule has 12 heteroatoms. The van der Waals surface area contributed by atoms with E-state index in [2.05, 4.69) is 19.4 Å². The molecule has 1 N–H and O–H groups in total. The molecular weight excluding hydrogens is 466 g/mol. The summed E-state index contributed by atoms with van der Waals surface area (Å²) >= 11 is 0. The number of nitrogens with zero attached hydrogens (tertiary/aromatic N) is 4. The van der Waals surface area contributed by atoms with E-state index < -0.39 is 17.8 Å². The SMILES string of the molecule is COc1cc(C(C)(C)O)nc(C(=O)N2CCN(C(=O)/C=C/c3ccc4c(c3)OC(F)(F)O4)CC2)n1. The molecule has 1 fully saturated rings. The Morgan fingerprint density at radius 3 is 2.40 bits per heavy atom. The molecule has 35 heavy (non-hydrogen) atoms. The Morgan fingerprint density at radius 1 is 1.09 bits per heavy atom. The van der Waals surface area contributed by atoms with Gasteiger partial charge < -0.3 is 29.1 Å². The molecule has 1 aromatic heterocycles. The van der Waals surface area contributed by atoms with Crippen LogP contribution in [-0.2, 0) is 10.4 Å². The molecular formula is C23H24F2N4O6. The zero-order valence-corrected chi connectivity index (χ0v) is 19.3. The zero-order valence-electron chi connectivity index (χ0n) is 19.3. The number of aromatic nitrogens is 2. The van der Waals surface area contributed by atoms with E-state index in [-0.39, 0.29) is 61.0 Å². The normalized spacial score (nSPS) is 17.1. The third-order valence-electron chi connectivity index (χ3n) is 5.45. The summed E-state index contributed by atoms with van der Waals surface area (Å²) in [6.45, 7) is 4.17. The molecule has 0 aliphatic carbocycles. The summed E-state index contributed by atoms with van der Waals surface area (Å²) in [7, 11) is 1.40. The minimum atomic E-state index is -3.70. The van der Waals surface area contributed by atoms with Crippen molar-refractivity contribution in [1.29, 1.82) is 0 Å². The van der Waals surface area contributed by atoms with Crippen LogP contribution in [0.3, 0.4) is 0 Å². The van der Waals surface area contributed by atoms with Crippen LogP contribution >= 0.6 is 0 Å². The average molecular weight is 490 g/mol. The summed E-state index contributed by atoms with van der Waals surface area (Å²) in [6, 6.07) is 5.69. The molecule has 0 atom stereocenters. The Kier molecular flexibility index (Phi) is 6.32. The molecule has 10 nitrogen and oxygen atoms in total. The van der Waals surface area contributed by atoms with Crippen LogP contribution in [0.25, 0.3) is 6.08 Å². The number of hydrogen-bond acceptors (Lipinski definition) is 8. The summed E-state index contributed by atoms with van der Waals surface area (Å²) in [4.78, 5) is 36.9. The van der Waals surface area contributed by atoms with Crippen molar-refractivity contribution in [3.8, 4) is 17.4 Å².